The van der Waals surface area contributed by atoms with Crippen LogP contribution in [-0.2, 0) is 13.6 Å². The van der Waals surface area contributed by atoms with Crippen molar-refractivity contribution >= 4 is 28.6 Å². The molecule has 0 spiro atoms. The summed E-state index contributed by atoms with van der Waals surface area (Å²) in [6.07, 6.45) is 4.96. The van der Waals surface area contributed by atoms with Gasteiger partial charge < -0.3 is 4.90 Å². The molecule has 0 aliphatic carbocycles. The molecule has 1 fully saturated rings. The summed E-state index contributed by atoms with van der Waals surface area (Å²) in [5.41, 5.74) is 3.16. The van der Waals surface area contributed by atoms with Crippen LogP contribution in [0, 0.1) is 6.92 Å². The van der Waals surface area contributed by atoms with Crippen LogP contribution >= 0.6 is 22.7 Å². The third-order valence-electron chi connectivity index (χ3n) is 4.80. The SMILES string of the molecule is Cc1nc(-c2ccsc2)sc1C(=O)N1CCCN(Cc2cnn(C)c2)CC1. The summed E-state index contributed by atoms with van der Waals surface area (Å²) < 4.78 is 1.83. The Morgan fingerprint density at radius 2 is 2.15 bits per heavy atom. The molecule has 4 heterocycles. The number of rotatable bonds is 4. The summed E-state index contributed by atoms with van der Waals surface area (Å²) in [6.45, 7) is 6.26. The molecule has 1 saturated heterocycles. The first-order chi connectivity index (χ1) is 13.1. The van der Waals surface area contributed by atoms with E-state index in [0.29, 0.717) is 0 Å². The number of amides is 1. The van der Waals surface area contributed by atoms with Crippen molar-refractivity contribution in [2.75, 3.05) is 26.2 Å². The maximum atomic E-state index is 13.1. The highest BCUT2D eigenvalue weighted by Crippen LogP contribution is 2.30. The van der Waals surface area contributed by atoms with E-state index in [2.05, 4.69) is 32.6 Å². The van der Waals surface area contributed by atoms with Crippen LogP contribution in [0.2, 0.25) is 0 Å². The predicted molar refractivity (Wildman–Crippen MR) is 109 cm³/mol. The molecule has 0 saturated carbocycles. The Kier molecular flexibility index (Phi) is 5.38. The number of aryl methyl sites for hydroxylation is 2. The molecule has 27 heavy (non-hydrogen) atoms. The predicted octanol–water partition coefficient (Wildman–Crippen LogP) is 3.26. The second-order valence-electron chi connectivity index (χ2n) is 6.89. The molecule has 0 aromatic carbocycles. The van der Waals surface area contributed by atoms with Crippen molar-refractivity contribution < 1.29 is 4.79 Å². The van der Waals surface area contributed by atoms with Crippen LogP contribution in [-0.4, -0.2) is 56.7 Å². The van der Waals surface area contributed by atoms with E-state index in [4.69, 9.17) is 0 Å². The molecule has 0 radical (unpaired) electrons. The molecule has 1 aliphatic heterocycles. The van der Waals surface area contributed by atoms with Crippen LogP contribution in [0.15, 0.2) is 29.2 Å². The molecule has 6 nitrogen and oxygen atoms in total. The van der Waals surface area contributed by atoms with Gasteiger partial charge in [-0.25, -0.2) is 4.98 Å². The fraction of sp³-hybridized carbons (Fsp3) is 0.421. The lowest BCUT2D eigenvalue weighted by Crippen LogP contribution is -2.35. The van der Waals surface area contributed by atoms with Crippen LogP contribution in [0.25, 0.3) is 10.6 Å². The zero-order valence-electron chi connectivity index (χ0n) is 15.6. The molecule has 0 bridgehead atoms. The Labute approximate surface area is 167 Å². The van der Waals surface area contributed by atoms with Gasteiger partial charge in [0.25, 0.3) is 5.91 Å². The maximum Gasteiger partial charge on any atom is 0.265 e. The minimum Gasteiger partial charge on any atom is -0.337 e. The first-order valence-corrected chi connectivity index (χ1v) is 10.9. The second-order valence-corrected chi connectivity index (χ2v) is 8.67. The molecule has 3 aromatic heterocycles. The molecule has 4 rings (SSSR count). The standard InChI is InChI=1S/C19H23N5OS2/c1-14-17(27-18(21-14)16-4-9-26-13-16)19(25)24-6-3-5-23(7-8-24)12-15-10-20-22(2)11-15/h4,9-11,13H,3,5-8,12H2,1-2H3. The number of thiazole rings is 1. The van der Waals surface area contributed by atoms with E-state index < -0.39 is 0 Å². The summed E-state index contributed by atoms with van der Waals surface area (Å²) >= 11 is 3.16. The fourth-order valence-corrected chi connectivity index (χ4v) is 5.14. The highest BCUT2D eigenvalue weighted by atomic mass is 32.1. The monoisotopic (exact) mass is 401 g/mol. The summed E-state index contributed by atoms with van der Waals surface area (Å²) in [7, 11) is 1.94. The van der Waals surface area contributed by atoms with Crippen LogP contribution in [0.1, 0.15) is 27.3 Å². The Hall–Kier alpha value is -2.03. The van der Waals surface area contributed by atoms with E-state index in [1.54, 1.807) is 11.3 Å². The summed E-state index contributed by atoms with van der Waals surface area (Å²) in [6, 6.07) is 2.06. The van der Waals surface area contributed by atoms with Gasteiger partial charge in [0.05, 0.1) is 11.9 Å². The average molecular weight is 402 g/mol. The van der Waals surface area contributed by atoms with E-state index in [9.17, 15) is 4.79 Å². The third-order valence-corrected chi connectivity index (χ3v) is 6.68. The molecule has 1 aliphatic rings. The number of hydrogen-bond acceptors (Lipinski definition) is 6. The smallest absolute Gasteiger partial charge is 0.265 e. The number of carbonyl (C=O) groups excluding carboxylic acids is 1. The minimum absolute atomic E-state index is 0.120. The van der Waals surface area contributed by atoms with Gasteiger partial charge in [-0.2, -0.15) is 16.4 Å². The zero-order valence-corrected chi connectivity index (χ0v) is 17.2. The van der Waals surface area contributed by atoms with Gasteiger partial charge in [0.1, 0.15) is 9.88 Å². The lowest BCUT2D eigenvalue weighted by Gasteiger charge is -2.21. The maximum absolute atomic E-state index is 13.1. The molecule has 8 heteroatoms. The van der Waals surface area contributed by atoms with Gasteiger partial charge in [-0.15, -0.1) is 11.3 Å². The molecular weight excluding hydrogens is 378 g/mol. The first-order valence-electron chi connectivity index (χ1n) is 9.09. The second kappa shape index (κ2) is 7.92. The lowest BCUT2D eigenvalue weighted by molar-refractivity contribution is 0.0765. The molecule has 142 valence electrons. The largest absolute Gasteiger partial charge is 0.337 e. The van der Waals surface area contributed by atoms with E-state index in [1.165, 1.54) is 16.9 Å². The van der Waals surface area contributed by atoms with Gasteiger partial charge in [0, 0.05) is 62.5 Å². The minimum atomic E-state index is 0.120. The summed E-state index contributed by atoms with van der Waals surface area (Å²) in [5.74, 6) is 0.120. The van der Waals surface area contributed by atoms with E-state index in [1.807, 2.05) is 35.1 Å². The highest BCUT2D eigenvalue weighted by molar-refractivity contribution is 7.17. The van der Waals surface area contributed by atoms with Gasteiger partial charge in [-0.3, -0.25) is 14.4 Å². The summed E-state index contributed by atoms with van der Waals surface area (Å²) in [4.78, 5) is 22.9. The first kappa shape index (κ1) is 18.3. The van der Waals surface area contributed by atoms with Crippen molar-refractivity contribution in [3.8, 4) is 10.6 Å². The average Bonchev–Trinajstić information content (AvgIpc) is 3.35. The molecule has 0 unspecified atom stereocenters. The number of carbonyl (C=O) groups is 1. The Balaban J connectivity index is 1.42. The van der Waals surface area contributed by atoms with Gasteiger partial charge in [-0.05, 0) is 24.8 Å². The van der Waals surface area contributed by atoms with Crippen molar-refractivity contribution in [2.24, 2.45) is 7.05 Å². The molecule has 0 N–H and O–H groups in total. The molecule has 0 atom stereocenters. The van der Waals surface area contributed by atoms with Gasteiger partial charge in [-0.1, -0.05) is 0 Å². The van der Waals surface area contributed by atoms with Crippen molar-refractivity contribution in [1.82, 2.24) is 24.6 Å². The highest BCUT2D eigenvalue weighted by Gasteiger charge is 2.24. The van der Waals surface area contributed by atoms with Crippen LogP contribution in [0.5, 0.6) is 0 Å². The molecule has 1 amide bonds. The van der Waals surface area contributed by atoms with Crippen molar-refractivity contribution in [2.45, 2.75) is 19.9 Å². The fourth-order valence-electron chi connectivity index (χ4n) is 3.39. The Bertz CT molecular complexity index is 915. The number of hydrogen-bond donors (Lipinski definition) is 0. The topological polar surface area (TPSA) is 54.3 Å². The lowest BCUT2D eigenvalue weighted by atomic mass is 10.3. The number of aromatic nitrogens is 3. The van der Waals surface area contributed by atoms with E-state index in [-0.39, 0.29) is 5.91 Å². The van der Waals surface area contributed by atoms with Gasteiger partial charge in [0.2, 0.25) is 0 Å². The van der Waals surface area contributed by atoms with E-state index in [0.717, 1.165) is 60.3 Å². The Morgan fingerprint density at radius 1 is 1.26 bits per heavy atom. The zero-order chi connectivity index (χ0) is 18.8. The van der Waals surface area contributed by atoms with Crippen LogP contribution in [0.3, 0.4) is 0 Å². The number of thiophene rings is 1. The van der Waals surface area contributed by atoms with Crippen LogP contribution < -0.4 is 0 Å². The quantitative estimate of drug-likeness (QED) is 0.673. The van der Waals surface area contributed by atoms with Gasteiger partial charge in [0.15, 0.2) is 0 Å². The normalized spacial score (nSPS) is 15.9. The molecule has 3 aromatic rings. The number of nitrogens with zero attached hydrogens (tertiary/aromatic N) is 5. The summed E-state index contributed by atoms with van der Waals surface area (Å²) in [5, 5.41) is 9.30. The van der Waals surface area contributed by atoms with Crippen molar-refractivity contribution in [3.05, 3.63) is 45.4 Å². The molecular formula is C19H23N5OS2. The van der Waals surface area contributed by atoms with Crippen LogP contribution in [0.4, 0.5) is 0 Å². The van der Waals surface area contributed by atoms with Crippen molar-refractivity contribution in [1.29, 1.82) is 0 Å². The van der Waals surface area contributed by atoms with E-state index >= 15 is 0 Å². The van der Waals surface area contributed by atoms with Crippen molar-refractivity contribution in [3.63, 3.8) is 0 Å². The third kappa shape index (κ3) is 4.12. The van der Waals surface area contributed by atoms with Gasteiger partial charge >= 0.3 is 0 Å². The Morgan fingerprint density at radius 3 is 2.89 bits per heavy atom.